The zero-order chi connectivity index (χ0) is 19.1. The maximum atomic E-state index is 12.7. The largest absolute Gasteiger partial charge is 0.489 e. The molecule has 1 atom stereocenters. The van der Waals surface area contributed by atoms with Crippen LogP contribution in [0.25, 0.3) is 0 Å². The second-order valence-corrected chi connectivity index (χ2v) is 7.06. The van der Waals surface area contributed by atoms with Gasteiger partial charge in [0.25, 0.3) is 5.91 Å². The minimum atomic E-state index is 0.0375. The number of piperidine rings is 1. The summed E-state index contributed by atoms with van der Waals surface area (Å²) in [5.41, 5.74) is 0.635. The molecule has 1 unspecified atom stereocenters. The van der Waals surface area contributed by atoms with Crippen LogP contribution in [0.2, 0.25) is 0 Å². The molecule has 3 rings (SSSR count). The van der Waals surface area contributed by atoms with Gasteiger partial charge in [-0.25, -0.2) is 4.98 Å². The van der Waals surface area contributed by atoms with Gasteiger partial charge in [0.1, 0.15) is 17.7 Å². The molecule has 1 aliphatic rings. The molecular weight excluding hydrogens is 340 g/mol. The molecule has 6 heteroatoms. The van der Waals surface area contributed by atoms with E-state index in [0.717, 1.165) is 37.3 Å². The first-order valence-electron chi connectivity index (χ1n) is 9.74. The average molecular weight is 368 g/mol. The highest BCUT2D eigenvalue weighted by Crippen LogP contribution is 2.19. The van der Waals surface area contributed by atoms with E-state index in [1.54, 1.807) is 18.6 Å². The number of hydrogen-bond acceptors (Lipinski definition) is 5. The Bertz CT molecular complexity index is 713. The van der Waals surface area contributed by atoms with E-state index < -0.39 is 0 Å². The molecule has 0 saturated carbocycles. The number of amides is 1. The fourth-order valence-electron chi connectivity index (χ4n) is 3.33. The van der Waals surface area contributed by atoms with Gasteiger partial charge in [0, 0.05) is 44.4 Å². The van der Waals surface area contributed by atoms with Crippen LogP contribution in [0.5, 0.6) is 5.75 Å². The van der Waals surface area contributed by atoms with Gasteiger partial charge < -0.3 is 15.0 Å². The summed E-state index contributed by atoms with van der Waals surface area (Å²) in [6.07, 6.45) is 9.12. The second-order valence-electron chi connectivity index (χ2n) is 7.06. The predicted molar refractivity (Wildman–Crippen MR) is 106 cm³/mol. The molecular formula is C21H28N4O2. The van der Waals surface area contributed by atoms with Crippen molar-refractivity contribution in [2.45, 2.75) is 51.7 Å². The number of nitrogens with one attached hydrogen (secondary N) is 1. The Morgan fingerprint density at radius 1 is 1.30 bits per heavy atom. The van der Waals surface area contributed by atoms with Gasteiger partial charge in [0.2, 0.25) is 0 Å². The highest BCUT2D eigenvalue weighted by Gasteiger charge is 2.25. The molecule has 1 N–H and O–H groups in total. The van der Waals surface area contributed by atoms with Crippen LogP contribution in [-0.4, -0.2) is 46.0 Å². The Morgan fingerprint density at radius 3 is 2.74 bits per heavy atom. The lowest BCUT2D eigenvalue weighted by Gasteiger charge is -2.32. The number of carbonyl (C=O) groups is 1. The van der Waals surface area contributed by atoms with Crippen molar-refractivity contribution >= 4 is 11.7 Å². The lowest BCUT2D eigenvalue weighted by Crippen LogP contribution is -2.41. The second kappa shape index (κ2) is 9.35. The van der Waals surface area contributed by atoms with Crippen molar-refractivity contribution in [1.82, 2.24) is 14.9 Å². The Labute approximate surface area is 161 Å². The number of likely N-dealkylation sites (tertiary alicyclic amines) is 1. The van der Waals surface area contributed by atoms with Crippen molar-refractivity contribution in [3.05, 3.63) is 48.4 Å². The van der Waals surface area contributed by atoms with E-state index >= 15 is 0 Å². The molecule has 2 aromatic heterocycles. The number of ether oxygens (including phenoxy) is 1. The van der Waals surface area contributed by atoms with Crippen LogP contribution in [0.1, 0.15) is 49.9 Å². The topological polar surface area (TPSA) is 67.4 Å². The van der Waals surface area contributed by atoms with E-state index in [9.17, 15) is 4.79 Å². The Hall–Kier alpha value is -2.63. The normalized spacial score (nSPS) is 16.0. The van der Waals surface area contributed by atoms with Crippen LogP contribution in [0.3, 0.4) is 0 Å². The van der Waals surface area contributed by atoms with Crippen LogP contribution >= 0.6 is 0 Å². The fourth-order valence-corrected chi connectivity index (χ4v) is 3.33. The van der Waals surface area contributed by atoms with Gasteiger partial charge in [-0.3, -0.25) is 9.78 Å². The zero-order valence-corrected chi connectivity index (χ0v) is 16.1. The Balaban J connectivity index is 1.50. The van der Waals surface area contributed by atoms with Gasteiger partial charge in [-0.05, 0) is 37.6 Å². The third-order valence-electron chi connectivity index (χ3n) is 4.79. The quantitative estimate of drug-likeness (QED) is 0.806. The summed E-state index contributed by atoms with van der Waals surface area (Å²) >= 11 is 0. The predicted octanol–water partition coefficient (Wildman–Crippen LogP) is 3.76. The summed E-state index contributed by atoms with van der Waals surface area (Å²) < 4.78 is 5.94. The molecule has 144 valence electrons. The van der Waals surface area contributed by atoms with E-state index in [-0.39, 0.29) is 12.0 Å². The van der Waals surface area contributed by atoms with Crippen molar-refractivity contribution in [2.24, 2.45) is 0 Å². The Morgan fingerprint density at radius 2 is 2.11 bits per heavy atom. The molecule has 0 radical (unpaired) electrons. The molecule has 1 aliphatic heterocycles. The molecule has 6 nitrogen and oxygen atoms in total. The summed E-state index contributed by atoms with van der Waals surface area (Å²) in [5.74, 6) is 1.64. The van der Waals surface area contributed by atoms with Crippen molar-refractivity contribution in [2.75, 3.05) is 18.4 Å². The number of aromatic nitrogens is 2. The van der Waals surface area contributed by atoms with E-state index in [0.29, 0.717) is 24.7 Å². The van der Waals surface area contributed by atoms with Crippen LogP contribution < -0.4 is 10.1 Å². The molecule has 0 aliphatic carbocycles. The third kappa shape index (κ3) is 5.42. The lowest BCUT2D eigenvalue weighted by molar-refractivity contribution is 0.0594. The van der Waals surface area contributed by atoms with Gasteiger partial charge in [-0.15, -0.1) is 0 Å². The smallest absolute Gasteiger partial charge is 0.255 e. The zero-order valence-electron chi connectivity index (χ0n) is 16.1. The standard InChI is InChI=1S/C21H28N4O2/c1-3-5-16(2)24-20-8-7-17(14-23-20)21(26)25-12-9-18(10-13-25)27-19-6-4-11-22-15-19/h4,6-8,11,14-16,18H,3,5,9-10,12-13H2,1-2H3,(H,23,24). The van der Waals surface area contributed by atoms with Crippen molar-refractivity contribution in [1.29, 1.82) is 0 Å². The number of nitrogens with zero attached hydrogens (tertiary/aromatic N) is 3. The van der Waals surface area contributed by atoms with Crippen LogP contribution in [0.4, 0.5) is 5.82 Å². The molecule has 0 spiro atoms. The minimum Gasteiger partial charge on any atom is -0.489 e. The van der Waals surface area contributed by atoms with Gasteiger partial charge >= 0.3 is 0 Å². The summed E-state index contributed by atoms with van der Waals surface area (Å²) in [4.78, 5) is 23.1. The summed E-state index contributed by atoms with van der Waals surface area (Å²) in [6.45, 7) is 5.69. The van der Waals surface area contributed by atoms with Gasteiger partial charge in [0.05, 0.1) is 11.8 Å². The van der Waals surface area contributed by atoms with E-state index in [1.807, 2.05) is 29.2 Å². The highest BCUT2D eigenvalue weighted by atomic mass is 16.5. The molecule has 1 saturated heterocycles. The molecule has 0 bridgehead atoms. The average Bonchev–Trinajstić information content (AvgIpc) is 2.70. The van der Waals surface area contributed by atoms with E-state index in [1.165, 1.54) is 0 Å². The molecule has 2 aromatic rings. The lowest BCUT2D eigenvalue weighted by atomic mass is 10.1. The van der Waals surface area contributed by atoms with Crippen molar-refractivity contribution < 1.29 is 9.53 Å². The van der Waals surface area contributed by atoms with E-state index in [4.69, 9.17) is 4.74 Å². The summed E-state index contributed by atoms with van der Waals surface area (Å²) in [5, 5.41) is 3.36. The molecule has 3 heterocycles. The molecule has 1 fully saturated rings. The summed E-state index contributed by atoms with van der Waals surface area (Å²) in [6, 6.07) is 7.89. The first kappa shape index (κ1) is 19.1. The maximum Gasteiger partial charge on any atom is 0.255 e. The number of hydrogen-bond donors (Lipinski definition) is 1. The number of carbonyl (C=O) groups excluding carboxylic acids is 1. The first-order chi connectivity index (χ1) is 13.2. The van der Waals surface area contributed by atoms with Gasteiger partial charge in [0.15, 0.2) is 0 Å². The number of anilines is 1. The summed E-state index contributed by atoms with van der Waals surface area (Å²) in [7, 11) is 0. The minimum absolute atomic E-state index is 0.0375. The maximum absolute atomic E-state index is 12.7. The highest BCUT2D eigenvalue weighted by molar-refractivity contribution is 5.94. The van der Waals surface area contributed by atoms with Crippen molar-refractivity contribution in [3.63, 3.8) is 0 Å². The number of pyridine rings is 2. The monoisotopic (exact) mass is 368 g/mol. The Kier molecular flexibility index (Phi) is 6.63. The van der Waals surface area contributed by atoms with Crippen molar-refractivity contribution in [3.8, 4) is 5.75 Å². The van der Waals surface area contributed by atoms with Gasteiger partial charge in [-0.1, -0.05) is 13.3 Å². The van der Waals surface area contributed by atoms with E-state index in [2.05, 4.69) is 29.1 Å². The molecule has 27 heavy (non-hydrogen) atoms. The SMILES string of the molecule is CCCC(C)Nc1ccc(C(=O)N2CCC(Oc3cccnc3)CC2)cn1. The van der Waals surface area contributed by atoms with Crippen LogP contribution in [0.15, 0.2) is 42.9 Å². The van der Waals surface area contributed by atoms with Crippen LogP contribution in [-0.2, 0) is 0 Å². The third-order valence-corrected chi connectivity index (χ3v) is 4.79. The molecule has 0 aromatic carbocycles. The van der Waals surface area contributed by atoms with Gasteiger partial charge in [-0.2, -0.15) is 0 Å². The number of rotatable bonds is 7. The molecule has 1 amide bonds. The fraction of sp³-hybridized carbons (Fsp3) is 0.476. The first-order valence-corrected chi connectivity index (χ1v) is 9.74. The van der Waals surface area contributed by atoms with Crippen LogP contribution in [0, 0.1) is 0 Å².